The molecular weight excluding hydrogens is 646 g/mol. The smallest absolute Gasteiger partial charge is 0.387 e. The molecule has 1 atom stereocenters. The molecule has 3 aliphatic heterocycles. The first kappa shape index (κ1) is 32.7. The predicted octanol–water partition coefficient (Wildman–Crippen LogP) is 3.38. The molecule has 6 heterocycles. The molecule has 3 aromatic heterocycles. The summed E-state index contributed by atoms with van der Waals surface area (Å²) in [6, 6.07) is 1.70. The van der Waals surface area contributed by atoms with E-state index in [1.165, 1.54) is 21.5 Å². The fourth-order valence-corrected chi connectivity index (χ4v) is 7.63. The van der Waals surface area contributed by atoms with E-state index in [2.05, 4.69) is 20.3 Å². The molecule has 7 rings (SSSR count). The summed E-state index contributed by atoms with van der Waals surface area (Å²) in [7, 11) is 0. The van der Waals surface area contributed by atoms with Gasteiger partial charge in [0.2, 0.25) is 5.91 Å². The van der Waals surface area contributed by atoms with E-state index in [0.29, 0.717) is 50.0 Å². The Labute approximate surface area is 280 Å². The average Bonchev–Trinajstić information content (AvgIpc) is 3.68. The number of carbonyl (C=O) groups is 2. The van der Waals surface area contributed by atoms with Crippen molar-refractivity contribution < 1.29 is 32.6 Å². The van der Waals surface area contributed by atoms with Crippen molar-refractivity contribution in [2.45, 2.75) is 43.6 Å². The number of thioether (sulfide) groups is 1. The van der Waals surface area contributed by atoms with E-state index >= 15 is 0 Å². The molecular formula is C32H38F2N8O5S. The minimum absolute atomic E-state index is 0.0320. The average molecular weight is 685 g/mol. The number of carbonyl (C=O) groups excluding carboxylic acids is 2. The number of allylic oxidation sites excluding steroid dienone is 4. The molecule has 1 aliphatic carbocycles. The highest BCUT2D eigenvalue weighted by Gasteiger charge is 2.33. The van der Waals surface area contributed by atoms with Gasteiger partial charge in [0.25, 0.3) is 5.91 Å². The molecule has 2 amide bonds. The second kappa shape index (κ2) is 14.7. The third-order valence-corrected chi connectivity index (χ3v) is 10.3. The van der Waals surface area contributed by atoms with Crippen molar-refractivity contribution in [3.8, 4) is 0 Å². The number of halogens is 2. The molecule has 48 heavy (non-hydrogen) atoms. The Balaban J connectivity index is 1.10. The van der Waals surface area contributed by atoms with Crippen LogP contribution in [0.2, 0.25) is 0 Å². The zero-order valence-corrected chi connectivity index (χ0v) is 27.2. The van der Waals surface area contributed by atoms with Crippen molar-refractivity contribution in [1.82, 2.24) is 34.2 Å². The Kier molecular flexibility index (Phi) is 10.0. The maximum absolute atomic E-state index is 13.6. The normalized spacial score (nSPS) is 21.2. The van der Waals surface area contributed by atoms with Gasteiger partial charge < -0.3 is 24.4 Å². The zero-order chi connectivity index (χ0) is 33.0. The van der Waals surface area contributed by atoms with Crippen LogP contribution in [0.15, 0.2) is 53.7 Å². The summed E-state index contributed by atoms with van der Waals surface area (Å²) in [6.07, 6.45) is 12.0. The highest BCUT2D eigenvalue weighted by molar-refractivity contribution is 8.03. The van der Waals surface area contributed by atoms with Gasteiger partial charge in [-0.1, -0.05) is 0 Å². The Bertz CT molecular complexity index is 1680. The Morgan fingerprint density at radius 1 is 1.10 bits per heavy atom. The van der Waals surface area contributed by atoms with Crippen molar-refractivity contribution in [3.05, 3.63) is 64.9 Å². The van der Waals surface area contributed by atoms with Crippen LogP contribution >= 0.6 is 11.8 Å². The molecule has 4 aliphatic rings. The van der Waals surface area contributed by atoms with Crippen LogP contribution in [0.5, 0.6) is 0 Å². The van der Waals surface area contributed by atoms with E-state index in [1.807, 2.05) is 4.90 Å². The van der Waals surface area contributed by atoms with Gasteiger partial charge in [-0.2, -0.15) is 19.0 Å². The molecule has 0 aromatic carbocycles. The van der Waals surface area contributed by atoms with Crippen molar-refractivity contribution in [3.63, 3.8) is 0 Å². The minimum Gasteiger partial charge on any atom is -0.439 e. The van der Waals surface area contributed by atoms with Gasteiger partial charge in [-0.05, 0) is 48.3 Å². The molecule has 0 spiro atoms. The van der Waals surface area contributed by atoms with E-state index in [9.17, 15) is 18.4 Å². The second-order valence-electron chi connectivity index (χ2n) is 12.4. The largest absolute Gasteiger partial charge is 0.439 e. The zero-order valence-electron chi connectivity index (χ0n) is 26.4. The lowest BCUT2D eigenvalue weighted by Gasteiger charge is -2.37. The van der Waals surface area contributed by atoms with E-state index in [4.69, 9.17) is 19.3 Å². The highest BCUT2D eigenvalue weighted by atomic mass is 32.2. The Morgan fingerprint density at radius 3 is 2.67 bits per heavy atom. The van der Waals surface area contributed by atoms with Gasteiger partial charge in [0.1, 0.15) is 17.9 Å². The first-order valence-electron chi connectivity index (χ1n) is 16.2. The number of nitrogens with one attached hydrogen (secondary N) is 1. The van der Waals surface area contributed by atoms with Crippen molar-refractivity contribution in [1.29, 1.82) is 0 Å². The molecule has 0 saturated carbocycles. The summed E-state index contributed by atoms with van der Waals surface area (Å²) in [6.45, 7) is 3.56. The van der Waals surface area contributed by atoms with Crippen molar-refractivity contribution in [2.24, 2.45) is 5.92 Å². The van der Waals surface area contributed by atoms with Gasteiger partial charge in [0.15, 0.2) is 5.65 Å². The highest BCUT2D eigenvalue weighted by Crippen LogP contribution is 2.43. The summed E-state index contributed by atoms with van der Waals surface area (Å²) < 4.78 is 45.9. The lowest BCUT2D eigenvalue weighted by Crippen LogP contribution is -2.50. The van der Waals surface area contributed by atoms with E-state index in [0.717, 1.165) is 50.6 Å². The lowest BCUT2D eigenvalue weighted by atomic mass is 9.94. The van der Waals surface area contributed by atoms with Gasteiger partial charge in [0, 0.05) is 64.5 Å². The number of hydrogen-bond acceptors (Lipinski definition) is 10. The molecule has 3 fully saturated rings. The number of ether oxygens (including phenoxy) is 3. The molecule has 13 nitrogen and oxygen atoms in total. The number of hydrogen-bond donors (Lipinski definition) is 1. The topological polar surface area (TPSA) is 128 Å². The number of nitrogens with zero attached hydrogens (tertiary/aromatic N) is 7. The summed E-state index contributed by atoms with van der Waals surface area (Å²) in [4.78, 5) is 36.5. The lowest BCUT2D eigenvalue weighted by molar-refractivity contribution is -0.133. The van der Waals surface area contributed by atoms with Crippen LogP contribution in [-0.2, 0) is 25.5 Å². The third-order valence-electron chi connectivity index (χ3n) is 9.10. The maximum atomic E-state index is 13.6. The van der Waals surface area contributed by atoms with Crippen LogP contribution in [0.1, 0.15) is 41.2 Å². The van der Waals surface area contributed by atoms with Gasteiger partial charge in [0.05, 0.1) is 42.0 Å². The maximum Gasteiger partial charge on any atom is 0.387 e. The summed E-state index contributed by atoms with van der Waals surface area (Å²) in [5.41, 5.74) is 1.20. The van der Waals surface area contributed by atoms with E-state index < -0.39 is 18.4 Å². The van der Waals surface area contributed by atoms with Crippen LogP contribution in [0, 0.1) is 5.92 Å². The number of anilines is 1. The molecule has 256 valence electrons. The summed E-state index contributed by atoms with van der Waals surface area (Å²) in [5.74, 6) is -0.676. The SMILES string of the molecule is O=C(Nc1cn(CC(=O)N2CCN(CC3CCOCC3)CC2)nc1C1CC(SC2COC2)=CC=C1OC(F)F)c1cnn2cccnc12. The number of alkyl halides is 2. The summed E-state index contributed by atoms with van der Waals surface area (Å²) >= 11 is 1.63. The standard InChI is InChI=1S/C32H38F2N8O5S/c33-32(34)47-27-3-2-22(48-23-19-46-20-23)14-24(27)29-26(37-31(44)25-15-36-42-7-1-6-35-30(25)42)17-41(38-29)18-28(43)40-10-8-39(9-11-40)16-21-4-12-45-13-5-21/h1-3,6-7,15,17,21,23-24,32H,4-5,8-14,16,18-20H2,(H,37,44). The molecule has 3 aromatic rings. The fourth-order valence-electron chi connectivity index (χ4n) is 6.46. The molecule has 1 N–H and O–H groups in total. The number of aromatic nitrogens is 5. The van der Waals surface area contributed by atoms with Crippen LogP contribution < -0.4 is 5.32 Å². The number of rotatable bonds is 11. The van der Waals surface area contributed by atoms with Crippen LogP contribution in [0.25, 0.3) is 5.65 Å². The first-order chi connectivity index (χ1) is 23.4. The van der Waals surface area contributed by atoms with Gasteiger partial charge >= 0.3 is 6.61 Å². The number of amides is 2. The van der Waals surface area contributed by atoms with E-state index in [-0.39, 0.29) is 34.7 Å². The van der Waals surface area contributed by atoms with Crippen molar-refractivity contribution >= 4 is 34.9 Å². The summed E-state index contributed by atoms with van der Waals surface area (Å²) in [5, 5.41) is 12.1. The Morgan fingerprint density at radius 2 is 1.92 bits per heavy atom. The predicted molar refractivity (Wildman–Crippen MR) is 173 cm³/mol. The molecule has 0 radical (unpaired) electrons. The molecule has 3 saturated heterocycles. The minimum atomic E-state index is -3.04. The van der Waals surface area contributed by atoms with E-state index in [1.54, 1.807) is 42.5 Å². The van der Waals surface area contributed by atoms with Crippen LogP contribution in [-0.4, -0.2) is 117 Å². The fraction of sp³-hybridized carbons (Fsp3) is 0.531. The quantitative estimate of drug-likeness (QED) is 0.321. The Hall–Kier alpha value is -3.86. The van der Waals surface area contributed by atoms with Gasteiger partial charge in [-0.15, -0.1) is 11.8 Å². The molecule has 0 bridgehead atoms. The molecule has 1 unspecified atom stereocenters. The van der Waals surface area contributed by atoms with Crippen LogP contribution in [0.4, 0.5) is 14.5 Å². The van der Waals surface area contributed by atoms with Crippen LogP contribution in [0.3, 0.4) is 0 Å². The van der Waals surface area contributed by atoms with Gasteiger partial charge in [-0.3, -0.25) is 19.2 Å². The first-order valence-corrected chi connectivity index (χ1v) is 17.1. The van der Waals surface area contributed by atoms with Gasteiger partial charge in [-0.25, -0.2) is 9.50 Å². The second-order valence-corrected chi connectivity index (χ2v) is 13.8. The number of piperazine rings is 1. The third kappa shape index (κ3) is 7.56. The monoisotopic (exact) mass is 684 g/mol. The molecule has 16 heteroatoms. The van der Waals surface area contributed by atoms with Crippen molar-refractivity contribution in [2.75, 3.05) is 64.5 Å². The number of fused-ring (bicyclic) bond motifs is 1.